The second-order valence-corrected chi connectivity index (χ2v) is 6.43. The summed E-state index contributed by atoms with van der Waals surface area (Å²) in [5.74, 6) is 0.583. The van der Waals surface area contributed by atoms with E-state index in [2.05, 4.69) is 11.0 Å². The molecule has 4 rings (SSSR count). The minimum atomic E-state index is -0.0606. The van der Waals surface area contributed by atoms with Gasteiger partial charge >= 0.3 is 0 Å². The van der Waals surface area contributed by atoms with E-state index in [4.69, 9.17) is 4.98 Å². The first-order valence-electron chi connectivity index (χ1n) is 9.13. The van der Waals surface area contributed by atoms with Crippen molar-refractivity contribution in [3.05, 3.63) is 71.3 Å². The molecule has 0 saturated heterocycles. The highest BCUT2D eigenvalue weighted by Crippen LogP contribution is 2.45. The van der Waals surface area contributed by atoms with Crippen molar-refractivity contribution in [2.24, 2.45) is 0 Å². The summed E-state index contributed by atoms with van der Waals surface area (Å²) in [5.41, 5.74) is 4.72. The van der Waals surface area contributed by atoms with Gasteiger partial charge in [-0.05, 0) is 19.4 Å². The van der Waals surface area contributed by atoms with Crippen LogP contribution in [0.4, 0.5) is 5.82 Å². The second-order valence-electron chi connectivity index (χ2n) is 6.43. The highest BCUT2D eigenvalue weighted by atomic mass is 16.1. The van der Waals surface area contributed by atoms with E-state index in [-0.39, 0.29) is 5.78 Å². The predicted molar refractivity (Wildman–Crippen MR) is 107 cm³/mol. The Kier molecular flexibility index (Phi) is 4.21. The van der Waals surface area contributed by atoms with Crippen LogP contribution >= 0.6 is 0 Å². The van der Waals surface area contributed by atoms with Gasteiger partial charge < -0.3 is 4.90 Å². The molecule has 0 fully saturated rings. The number of hydrogen-bond acceptors (Lipinski definition) is 4. The molecule has 1 aromatic heterocycles. The maximum atomic E-state index is 13.2. The minimum Gasteiger partial charge on any atom is -0.356 e. The normalized spacial score (nSPS) is 11.7. The van der Waals surface area contributed by atoms with E-state index in [1.165, 1.54) is 0 Å². The van der Waals surface area contributed by atoms with Crippen molar-refractivity contribution in [1.29, 1.82) is 5.26 Å². The van der Waals surface area contributed by atoms with E-state index >= 15 is 0 Å². The van der Waals surface area contributed by atoms with Crippen LogP contribution in [0.2, 0.25) is 0 Å². The summed E-state index contributed by atoms with van der Waals surface area (Å²) in [5, 5.41) is 9.97. The zero-order valence-electron chi connectivity index (χ0n) is 15.4. The van der Waals surface area contributed by atoms with E-state index in [1.54, 1.807) is 0 Å². The number of carbonyl (C=O) groups excluding carboxylic acids is 1. The molecule has 0 unspecified atom stereocenters. The molecule has 3 aromatic rings. The maximum absolute atomic E-state index is 13.2. The lowest BCUT2D eigenvalue weighted by molar-refractivity contribution is 0.104. The lowest BCUT2D eigenvalue weighted by atomic mass is 9.96. The fourth-order valence-corrected chi connectivity index (χ4v) is 3.76. The molecule has 27 heavy (non-hydrogen) atoms. The van der Waals surface area contributed by atoms with Gasteiger partial charge in [-0.25, -0.2) is 4.98 Å². The third kappa shape index (κ3) is 2.51. The van der Waals surface area contributed by atoms with E-state index in [0.29, 0.717) is 33.8 Å². The number of nitrogens with zero attached hydrogens (tertiary/aromatic N) is 3. The molecule has 0 N–H and O–H groups in total. The average molecular weight is 353 g/mol. The summed E-state index contributed by atoms with van der Waals surface area (Å²) in [7, 11) is 0. The van der Waals surface area contributed by atoms with Gasteiger partial charge in [0.1, 0.15) is 17.5 Å². The quantitative estimate of drug-likeness (QED) is 0.535. The Labute approximate surface area is 158 Å². The second kappa shape index (κ2) is 6.69. The van der Waals surface area contributed by atoms with Crippen molar-refractivity contribution in [3.63, 3.8) is 0 Å². The van der Waals surface area contributed by atoms with Crippen LogP contribution in [0.3, 0.4) is 0 Å². The SMILES string of the molecule is CCN(CC)c1nc(-c2ccccc2)c2c(c1C#N)-c1ccccc1C2=O. The summed E-state index contributed by atoms with van der Waals surface area (Å²) in [6.45, 7) is 5.56. The molecule has 0 saturated carbocycles. The number of carbonyl (C=O) groups is 1. The minimum absolute atomic E-state index is 0.0606. The number of fused-ring (bicyclic) bond motifs is 3. The van der Waals surface area contributed by atoms with Gasteiger partial charge in [0.05, 0.1) is 11.3 Å². The van der Waals surface area contributed by atoms with Crippen molar-refractivity contribution in [2.75, 3.05) is 18.0 Å². The third-order valence-corrected chi connectivity index (χ3v) is 5.07. The summed E-state index contributed by atoms with van der Waals surface area (Å²) in [6, 6.07) is 19.6. The summed E-state index contributed by atoms with van der Waals surface area (Å²) < 4.78 is 0. The zero-order valence-corrected chi connectivity index (χ0v) is 15.4. The van der Waals surface area contributed by atoms with E-state index < -0.39 is 0 Å². The van der Waals surface area contributed by atoms with E-state index in [0.717, 1.165) is 24.2 Å². The first-order valence-corrected chi connectivity index (χ1v) is 9.13. The van der Waals surface area contributed by atoms with Crippen molar-refractivity contribution in [3.8, 4) is 28.5 Å². The molecular weight excluding hydrogens is 334 g/mol. The first-order chi connectivity index (χ1) is 13.2. The van der Waals surface area contributed by atoms with Gasteiger partial charge in [0.25, 0.3) is 0 Å². The summed E-state index contributed by atoms with van der Waals surface area (Å²) in [6.07, 6.45) is 0. The zero-order chi connectivity index (χ0) is 19.0. The molecule has 0 spiro atoms. The van der Waals surface area contributed by atoms with Crippen LogP contribution in [0.5, 0.6) is 0 Å². The number of rotatable bonds is 4. The Morgan fingerprint density at radius 2 is 1.56 bits per heavy atom. The van der Waals surface area contributed by atoms with Gasteiger partial charge in [-0.1, -0.05) is 54.6 Å². The topological polar surface area (TPSA) is 57.0 Å². The number of hydrogen-bond donors (Lipinski definition) is 0. The molecule has 0 atom stereocenters. The summed E-state index contributed by atoms with van der Waals surface area (Å²) >= 11 is 0. The van der Waals surface area contributed by atoms with Crippen molar-refractivity contribution in [1.82, 2.24) is 4.98 Å². The van der Waals surface area contributed by atoms with Crippen LogP contribution < -0.4 is 4.90 Å². The average Bonchev–Trinajstić information content (AvgIpc) is 3.02. The molecule has 132 valence electrons. The van der Waals surface area contributed by atoms with Crippen LogP contribution in [0.25, 0.3) is 22.4 Å². The lowest BCUT2D eigenvalue weighted by Gasteiger charge is -2.23. The number of benzene rings is 2. The van der Waals surface area contributed by atoms with Gasteiger partial charge in [-0.3, -0.25) is 4.79 Å². The van der Waals surface area contributed by atoms with Crippen molar-refractivity contribution in [2.45, 2.75) is 13.8 Å². The number of anilines is 1. The highest BCUT2D eigenvalue weighted by molar-refractivity contribution is 6.25. The monoisotopic (exact) mass is 353 g/mol. The van der Waals surface area contributed by atoms with Gasteiger partial charge in [0.2, 0.25) is 0 Å². The molecule has 0 aliphatic heterocycles. The largest absolute Gasteiger partial charge is 0.356 e. The Morgan fingerprint density at radius 1 is 0.926 bits per heavy atom. The molecule has 2 aromatic carbocycles. The highest BCUT2D eigenvalue weighted by Gasteiger charge is 2.35. The van der Waals surface area contributed by atoms with E-state index in [1.807, 2.05) is 68.4 Å². The molecule has 1 aliphatic rings. The van der Waals surface area contributed by atoms with Crippen LogP contribution in [-0.2, 0) is 0 Å². The van der Waals surface area contributed by atoms with E-state index in [9.17, 15) is 10.1 Å². The Hall–Kier alpha value is -3.45. The van der Waals surface area contributed by atoms with Gasteiger partial charge in [-0.2, -0.15) is 5.26 Å². The van der Waals surface area contributed by atoms with Gasteiger partial charge in [-0.15, -0.1) is 0 Å². The fraction of sp³-hybridized carbons (Fsp3) is 0.174. The molecule has 4 nitrogen and oxygen atoms in total. The predicted octanol–water partition coefficient (Wildman–Crippen LogP) is 4.68. The van der Waals surface area contributed by atoms with Crippen molar-refractivity contribution < 1.29 is 4.79 Å². The summed E-state index contributed by atoms with van der Waals surface area (Å²) in [4.78, 5) is 20.1. The number of nitriles is 1. The molecule has 1 aliphatic carbocycles. The Bertz CT molecular complexity index is 1080. The number of pyridine rings is 1. The third-order valence-electron chi connectivity index (χ3n) is 5.07. The maximum Gasteiger partial charge on any atom is 0.196 e. The first kappa shape index (κ1) is 17.0. The smallest absolute Gasteiger partial charge is 0.196 e. The Morgan fingerprint density at radius 3 is 2.19 bits per heavy atom. The lowest BCUT2D eigenvalue weighted by Crippen LogP contribution is -2.25. The molecule has 0 amide bonds. The number of ketones is 1. The number of aromatic nitrogens is 1. The standard InChI is InChI=1S/C23H19N3O/c1-3-26(4-2)23-18(14-24)19-16-12-8-9-13-17(16)22(27)20(19)21(25-23)15-10-6-5-7-11-15/h5-13H,3-4H2,1-2H3. The Balaban J connectivity index is 2.14. The molecule has 0 radical (unpaired) electrons. The molecule has 0 bridgehead atoms. The van der Waals surface area contributed by atoms with Crippen LogP contribution in [0.15, 0.2) is 54.6 Å². The molecular formula is C23H19N3O. The van der Waals surface area contributed by atoms with Crippen LogP contribution in [0, 0.1) is 11.3 Å². The fourth-order valence-electron chi connectivity index (χ4n) is 3.76. The van der Waals surface area contributed by atoms with Gasteiger partial charge in [0, 0.05) is 29.8 Å². The van der Waals surface area contributed by atoms with Crippen LogP contribution in [0.1, 0.15) is 35.3 Å². The van der Waals surface area contributed by atoms with Crippen LogP contribution in [-0.4, -0.2) is 23.9 Å². The van der Waals surface area contributed by atoms with Gasteiger partial charge in [0.15, 0.2) is 5.78 Å². The van der Waals surface area contributed by atoms with Crippen molar-refractivity contribution >= 4 is 11.6 Å². The molecule has 4 heteroatoms. The molecule has 1 heterocycles.